The molecule has 2 atom stereocenters. The molecule has 3 aliphatic heterocycles. The zero-order valence-electron chi connectivity index (χ0n) is 20.1. The van der Waals surface area contributed by atoms with Crippen molar-refractivity contribution in [2.75, 3.05) is 26.2 Å². The molecule has 2 unspecified atom stereocenters. The number of nitrogens with one attached hydrogen (secondary N) is 1. The summed E-state index contributed by atoms with van der Waals surface area (Å²) >= 11 is 6.45. The number of carbonyl (C=O) groups is 1. The van der Waals surface area contributed by atoms with E-state index >= 15 is 0 Å². The van der Waals surface area contributed by atoms with Gasteiger partial charge < -0.3 is 10.2 Å². The van der Waals surface area contributed by atoms with Crippen molar-refractivity contribution in [2.24, 2.45) is 0 Å². The van der Waals surface area contributed by atoms with Crippen LogP contribution < -0.4 is 5.32 Å². The van der Waals surface area contributed by atoms with Gasteiger partial charge in [-0.25, -0.2) is 0 Å². The van der Waals surface area contributed by atoms with E-state index in [-0.39, 0.29) is 11.7 Å². The van der Waals surface area contributed by atoms with Crippen molar-refractivity contribution < 1.29 is 4.79 Å². The van der Waals surface area contributed by atoms with Gasteiger partial charge in [-0.1, -0.05) is 41.9 Å². The van der Waals surface area contributed by atoms with Crippen molar-refractivity contribution in [3.63, 3.8) is 0 Å². The first-order valence-electron chi connectivity index (χ1n) is 13.3. The molecule has 180 valence electrons. The third-order valence-corrected chi connectivity index (χ3v) is 9.24. The Labute approximate surface area is 208 Å². The number of hydrogen-bond acceptors (Lipinski definition) is 3. The highest BCUT2D eigenvalue weighted by Gasteiger charge is 2.54. The van der Waals surface area contributed by atoms with E-state index in [1.165, 1.54) is 35.1 Å². The molecule has 0 bridgehead atoms. The molecule has 1 spiro atoms. The topological polar surface area (TPSA) is 35.6 Å². The molecular weight excluding hydrogens is 442 g/mol. The monoisotopic (exact) mass is 477 g/mol. The van der Waals surface area contributed by atoms with Crippen molar-refractivity contribution in [3.05, 3.63) is 69.7 Å². The lowest BCUT2D eigenvalue weighted by Gasteiger charge is -2.45. The second-order valence-electron chi connectivity index (χ2n) is 10.8. The Balaban J connectivity index is 1.12. The lowest BCUT2D eigenvalue weighted by atomic mass is 9.83. The summed E-state index contributed by atoms with van der Waals surface area (Å²) in [7, 11) is 0. The SMILES string of the molecule is O=C1NC2CCCCN2C12CCN(CCCC1c3ccccc3CCc3ccc(Cl)cc31)CC2. The van der Waals surface area contributed by atoms with Crippen LogP contribution in [0.3, 0.4) is 0 Å². The van der Waals surface area contributed by atoms with Crippen LogP contribution >= 0.6 is 11.6 Å². The maximum absolute atomic E-state index is 13.0. The van der Waals surface area contributed by atoms with Gasteiger partial charge in [0.05, 0.1) is 6.17 Å². The first kappa shape index (κ1) is 22.6. The predicted octanol–water partition coefficient (Wildman–Crippen LogP) is 5.13. The van der Waals surface area contributed by atoms with Gasteiger partial charge in [-0.05, 0) is 98.7 Å². The van der Waals surface area contributed by atoms with E-state index < -0.39 is 0 Å². The Kier molecular flexibility index (Phi) is 6.17. The maximum atomic E-state index is 13.0. The molecule has 34 heavy (non-hydrogen) atoms. The summed E-state index contributed by atoms with van der Waals surface area (Å²) in [5, 5.41) is 4.15. The van der Waals surface area contributed by atoms with Gasteiger partial charge in [0.2, 0.25) is 5.91 Å². The molecule has 0 radical (unpaired) electrons. The Morgan fingerprint density at radius 3 is 2.62 bits per heavy atom. The lowest BCUT2D eigenvalue weighted by Crippen LogP contribution is -2.58. The van der Waals surface area contributed by atoms with Crippen LogP contribution in [0, 0.1) is 0 Å². The molecule has 1 amide bonds. The second-order valence-corrected chi connectivity index (χ2v) is 11.2. The molecule has 4 nitrogen and oxygen atoms in total. The number of rotatable bonds is 4. The minimum absolute atomic E-state index is 0.239. The highest BCUT2D eigenvalue weighted by atomic mass is 35.5. The number of halogens is 1. The maximum Gasteiger partial charge on any atom is 0.241 e. The number of nitrogens with zero attached hydrogens (tertiary/aromatic N) is 2. The van der Waals surface area contributed by atoms with Gasteiger partial charge in [0.15, 0.2) is 0 Å². The summed E-state index contributed by atoms with van der Waals surface area (Å²) in [6, 6.07) is 15.5. The van der Waals surface area contributed by atoms with E-state index in [4.69, 9.17) is 11.6 Å². The average molecular weight is 478 g/mol. The molecule has 3 heterocycles. The molecule has 3 saturated heterocycles. The van der Waals surface area contributed by atoms with E-state index in [9.17, 15) is 4.79 Å². The summed E-state index contributed by atoms with van der Waals surface area (Å²) in [4.78, 5) is 18.1. The molecule has 5 heteroatoms. The van der Waals surface area contributed by atoms with Crippen molar-refractivity contribution in [1.29, 1.82) is 0 Å². The Bertz CT molecular complexity index is 1060. The van der Waals surface area contributed by atoms with Crippen LogP contribution in [0.2, 0.25) is 5.02 Å². The van der Waals surface area contributed by atoms with E-state index in [1.807, 2.05) is 6.07 Å². The highest BCUT2D eigenvalue weighted by molar-refractivity contribution is 6.30. The largest absolute Gasteiger partial charge is 0.339 e. The number of likely N-dealkylation sites (tertiary alicyclic amines) is 1. The normalized spacial score (nSPS) is 26.4. The summed E-state index contributed by atoms with van der Waals surface area (Å²) in [6.45, 7) is 4.24. The minimum Gasteiger partial charge on any atom is -0.339 e. The van der Waals surface area contributed by atoms with Gasteiger partial charge in [0.25, 0.3) is 0 Å². The third kappa shape index (κ3) is 3.98. The number of hydrogen-bond donors (Lipinski definition) is 1. The molecule has 1 N–H and O–H groups in total. The van der Waals surface area contributed by atoms with Gasteiger partial charge in [-0.2, -0.15) is 0 Å². The van der Waals surface area contributed by atoms with E-state index in [0.29, 0.717) is 11.8 Å². The second kappa shape index (κ2) is 9.29. The molecular formula is C29H36ClN3O. The molecule has 3 fully saturated rings. The Morgan fingerprint density at radius 2 is 1.76 bits per heavy atom. The highest BCUT2D eigenvalue weighted by Crippen LogP contribution is 2.40. The van der Waals surface area contributed by atoms with Crippen LogP contribution in [0.1, 0.15) is 73.1 Å². The first-order chi connectivity index (χ1) is 16.6. The summed E-state index contributed by atoms with van der Waals surface area (Å²) in [5.74, 6) is 0.709. The fourth-order valence-electron chi connectivity index (χ4n) is 7.16. The Hall–Kier alpha value is -1.88. The number of carbonyl (C=O) groups excluding carboxylic acids is 1. The number of amides is 1. The van der Waals surface area contributed by atoms with Crippen molar-refractivity contribution in [1.82, 2.24) is 15.1 Å². The fraction of sp³-hybridized carbons (Fsp3) is 0.552. The van der Waals surface area contributed by atoms with Crippen LogP contribution in [-0.4, -0.2) is 53.6 Å². The summed E-state index contributed by atoms with van der Waals surface area (Å²) < 4.78 is 0. The standard InChI is InChI=1S/C29H36ClN3O/c30-23-13-12-22-11-10-21-6-1-2-7-24(21)25(26(22)20-23)8-5-16-32-18-14-29(15-19-32)28(34)31-27-9-3-4-17-33(27)29/h1-2,6-7,12-13,20,25,27H,3-5,8-11,14-19H2,(H,31,34). The van der Waals surface area contributed by atoms with Gasteiger partial charge in [-0.3, -0.25) is 9.69 Å². The van der Waals surface area contributed by atoms with Crippen molar-refractivity contribution in [3.8, 4) is 0 Å². The van der Waals surface area contributed by atoms with Gasteiger partial charge >= 0.3 is 0 Å². The molecule has 0 saturated carbocycles. The molecule has 1 aliphatic carbocycles. The van der Waals surface area contributed by atoms with E-state index in [0.717, 1.165) is 76.1 Å². The summed E-state index contributed by atoms with van der Waals surface area (Å²) in [6.07, 6.45) is 10.3. The van der Waals surface area contributed by atoms with Gasteiger partial charge in [0.1, 0.15) is 5.54 Å². The van der Waals surface area contributed by atoms with Gasteiger partial charge in [0, 0.05) is 30.6 Å². The van der Waals surface area contributed by atoms with E-state index in [1.54, 1.807) is 0 Å². The predicted molar refractivity (Wildman–Crippen MR) is 137 cm³/mol. The van der Waals surface area contributed by atoms with Crippen LogP contribution in [0.4, 0.5) is 0 Å². The zero-order chi connectivity index (χ0) is 23.1. The smallest absolute Gasteiger partial charge is 0.241 e. The first-order valence-corrected chi connectivity index (χ1v) is 13.7. The fourth-order valence-corrected chi connectivity index (χ4v) is 7.34. The molecule has 0 aromatic heterocycles. The van der Waals surface area contributed by atoms with Crippen molar-refractivity contribution >= 4 is 17.5 Å². The van der Waals surface area contributed by atoms with Crippen LogP contribution in [-0.2, 0) is 17.6 Å². The average Bonchev–Trinajstić information content (AvgIpc) is 3.03. The molecule has 6 rings (SSSR count). The van der Waals surface area contributed by atoms with Crippen molar-refractivity contribution in [2.45, 2.75) is 75.4 Å². The lowest BCUT2D eigenvalue weighted by molar-refractivity contribution is -0.129. The molecule has 4 aliphatic rings. The molecule has 2 aromatic rings. The van der Waals surface area contributed by atoms with Crippen LogP contribution in [0.5, 0.6) is 0 Å². The third-order valence-electron chi connectivity index (χ3n) is 9.00. The van der Waals surface area contributed by atoms with Gasteiger partial charge in [-0.15, -0.1) is 0 Å². The van der Waals surface area contributed by atoms with Crippen LogP contribution in [0.15, 0.2) is 42.5 Å². The zero-order valence-corrected chi connectivity index (χ0v) is 20.8. The number of benzene rings is 2. The van der Waals surface area contributed by atoms with Crippen LogP contribution in [0.25, 0.3) is 0 Å². The van der Waals surface area contributed by atoms with E-state index in [2.05, 4.69) is 51.5 Å². The molecule has 2 aromatic carbocycles. The summed E-state index contributed by atoms with van der Waals surface area (Å²) in [5.41, 5.74) is 5.61. The number of fused-ring (bicyclic) bond motifs is 4. The quantitative estimate of drug-likeness (QED) is 0.663. The number of piperidine rings is 2. The minimum atomic E-state index is -0.239. The number of aryl methyl sites for hydroxylation is 2. The Morgan fingerprint density at radius 1 is 0.971 bits per heavy atom.